The van der Waals surface area contributed by atoms with Gasteiger partial charge in [0, 0.05) is 29.9 Å². The van der Waals surface area contributed by atoms with Crippen LogP contribution in [0.5, 0.6) is 0 Å². The number of carbonyl (C=O) groups is 1. The second-order valence-electron chi connectivity index (χ2n) is 5.77. The third kappa shape index (κ3) is 2.73. The molecule has 0 unspecified atom stereocenters. The summed E-state index contributed by atoms with van der Waals surface area (Å²) in [5.74, 6) is 0.543. The number of aromatic amines is 1. The number of nitrogens with one attached hydrogen (secondary N) is 2. The average molecular weight is 304 g/mol. The standard InChI is InChI=1S/C18H16N4O/c23-18(15-8-12-4-1-2-5-13(12)9-15)20-17-10-16(21-22-17)14-6-3-7-19-11-14/h1-7,10-11,15H,8-9H2,(H2,20,21,22,23). The molecule has 1 aromatic carbocycles. The van der Waals surface area contributed by atoms with Gasteiger partial charge in [0.2, 0.25) is 5.91 Å². The van der Waals surface area contributed by atoms with E-state index in [1.165, 1.54) is 11.1 Å². The Hall–Kier alpha value is -2.95. The molecular formula is C18H16N4O. The van der Waals surface area contributed by atoms with Gasteiger partial charge >= 0.3 is 0 Å². The van der Waals surface area contributed by atoms with Crippen molar-refractivity contribution in [3.8, 4) is 11.3 Å². The second-order valence-corrected chi connectivity index (χ2v) is 5.77. The highest BCUT2D eigenvalue weighted by atomic mass is 16.2. The van der Waals surface area contributed by atoms with E-state index in [4.69, 9.17) is 0 Å². The van der Waals surface area contributed by atoms with Gasteiger partial charge in [0.25, 0.3) is 0 Å². The lowest BCUT2D eigenvalue weighted by Crippen LogP contribution is -2.23. The Morgan fingerprint density at radius 1 is 1.13 bits per heavy atom. The Balaban J connectivity index is 1.45. The lowest BCUT2D eigenvalue weighted by atomic mass is 10.1. The first-order valence-electron chi connectivity index (χ1n) is 7.63. The van der Waals surface area contributed by atoms with Gasteiger partial charge < -0.3 is 5.32 Å². The van der Waals surface area contributed by atoms with E-state index in [2.05, 4.69) is 32.6 Å². The highest BCUT2D eigenvalue weighted by Gasteiger charge is 2.27. The van der Waals surface area contributed by atoms with E-state index in [1.807, 2.05) is 30.3 Å². The molecule has 1 aliphatic carbocycles. The predicted molar refractivity (Wildman–Crippen MR) is 87.8 cm³/mol. The van der Waals surface area contributed by atoms with Crippen LogP contribution in [0, 0.1) is 5.92 Å². The molecule has 0 fully saturated rings. The molecule has 2 heterocycles. The highest BCUT2D eigenvalue weighted by Crippen LogP contribution is 2.27. The average Bonchev–Trinajstić information content (AvgIpc) is 3.22. The minimum absolute atomic E-state index is 0.0189. The van der Waals surface area contributed by atoms with Crippen LogP contribution >= 0.6 is 0 Å². The molecule has 1 aliphatic rings. The summed E-state index contributed by atoms with van der Waals surface area (Å²) in [6.45, 7) is 0. The normalized spacial score (nSPS) is 13.7. The lowest BCUT2D eigenvalue weighted by Gasteiger charge is -2.07. The molecule has 0 bridgehead atoms. The van der Waals surface area contributed by atoms with Crippen LogP contribution in [-0.4, -0.2) is 21.1 Å². The van der Waals surface area contributed by atoms with Crippen molar-refractivity contribution in [2.75, 3.05) is 5.32 Å². The van der Waals surface area contributed by atoms with Crippen molar-refractivity contribution >= 4 is 11.7 Å². The molecule has 2 N–H and O–H groups in total. The van der Waals surface area contributed by atoms with Crippen LogP contribution in [0.4, 0.5) is 5.82 Å². The maximum absolute atomic E-state index is 12.5. The monoisotopic (exact) mass is 304 g/mol. The van der Waals surface area contributed by atoms with E-state index in [-0.39, 0.29) is 11.8 Å². The van der Waals surface area contributed by atoms with Crippen LogP contribution < -0.4 is 5.32 Å². The molecule has 114 valence electrons. The first-order valence-corrected chi connectivity index (χ1v) is 7.63. The molecule has 0 saturated heterocycles. The third-order valence-corrected chi connectivity index (χ3v) is 4.22. The summed E-state index contributed by atoms with van der Waals surface area (Å²) in [7, 11) is 0. The van der Waals surface area contributed by atoms with E-state index >= 15 is 0 Å². The van der Waals surface area contributed by atoms with Crippen LogP contribution in [0.25, 0.3) is 11.3 Å². The molecule has 5 nitrogen and oxygen atoms in total. The predicted octanol–water partition coefficient (Wildman–Crippen LogP) is 2.83. The SMILES string of the molecule is O=C(Nc1cc(-c2cccnc2)[nH]n1)C1Cc2ccccc2C1. The van der Waals surface area contributed by atoms with E-state index < -0.39 is 0 Å². The molecule has 0 saturated carbocycles. The van der Waals surface area contributed by atoms with Crippen molar-refractivity contribution in [1.29, 1.82) is 0 Å². The van der Waals surface area contributed by atoms with Gasteiger partial charge in [-0.05, 0) is 36.1 Å². The summed E-state index contributed by atoms with van der Waals surface area (Å²) >= 11 is 0. The highest BCUT2D eigenvalue weighted by molar-refractivity contribution is 5.93. The Morgan fingerprint density at radius 3 is 2.61 bits per heavy atom. The van der Waals surface area contributed by atoms with Gasteiger partial charge in [0.1, 0.15) is 0 Å². The summed E-state index contributed by atoms with van der Waals surface area (Å²) in [5.41, 5.74) is 4.31. The van der Waals surface area contributed by atoms with Gasteiger partial charge in [0.05, 0.1) is 5.69 Å². The second kappa shape index (κ2) is 5.68. The fourth-order valence-electron chi connectivity index (χ4n) is 3.03. The Morgan fingerprint density at radius 2 is 1.91 bits per heavy atom. The molecule has 23 heavy (non-hydrogen) atoms. The molecule has 0 aliphatic heterocycles. The van der Waals surface area contributed by atoms with Crippen molar-refractivity contribution in [3.05, 3.63) is 66.0 Å². The summed E-state index contributed by atoms with van der Waals surface area (Å²) in [5, 5.41) is 10.0. The zero-order valence-corrected chi connectivity index (χ0v) is 12.5. The Labute approximate surface area is 133 Å². The number of rotatable bonds is 3. The van der Waals surface area contributed by atoms with Crippen LogP contribution in [0.3, 0.4) is 0 Å². The van der Waals surface area contributed by atoms with Gasteiger partial charge in [0.15, 0.2) is 5.82 Å². The summed E-state index contributed by atoms with van der Waals surface area (Å²) in [6, 6.07) is 13.9. The minimum atomic E-state index is -0.0223. The third-order valence-electron chi connectivity index (χ3n) is 4.22. The fourth-order valence-corrected chi connectivity index (χ4v) is 3.03. The zero-order chi connectivity index (χ0) is 15.6. The molecule has 4 rings (SSSR count). The smallest absolute Gasteiger partial charge is 0.229 e. The number of fused-ring (bicyclic) bond motifs is 1. The van der Waals surface area contributed by atoms with Gasteiger partial charge in [-0.25, -0.2) is 0 Å². The maximum atomic E-state index is 12.5. The summed E-state index contributed by atoms with van der Waals surface area (Å²) in [6.07, 6.45) is 5.07. The molecule has 0 atom stereocenters. The molecule has 3 aromatic rings. The Bertz CT molecular complexity index is 816. The quantitative estimate of drug-likeness (QED) is 0.781. The van der Waals surface area contributed by atoms with Gasteiger partial charge in [-0.15, -0.1) is 0 Å². The largest absolute Gasteiger partial charge is 0.309 e. The minimum Gasteiger partial charge on any atom is -0.309 e. The fraction of sp³-hybridized carbons (Fsp3) is 0.167. The van der Waals surface area contributed by atoms with Crippen LogP contribution in [0.15, 0.2) is 54.9 Å². The van der Waals surface area contributed by atoms with Crippen LogP contribution in [0.2, 0.25) is 0 Å². The van der Waals surface area contributed by atoms with Crippen molar-refractivity contribution in [1.82, 2.24) is 15.2 Å². The van der Waals surface area contributed by atoms with Crippen molar-refractivity contribution < 1.29 is 4.79 Å². The topological polar surface area (TPSA) is 70.7 Å². The summed E-state index contributed by atoms with van der Waals surface area (Å²) < 4.78 is 0. The van der Waals surface area contributed by atoms with Crippen molar-refractivity contribution in [2.24, 2.45) is 5.92 Å². The van der Waals surface area contributed by atoms with Gasteiger partial charge in [-0.3, -0.25) is 14.9 Å². The van der Waals surface area contributed by atoms with Gasteiger partial charge in [-0.2, -0.15) is 5.10 Å². The first-order chi connectivity index (χ1) is 11.3. The number of aromatic nitrogens is 3. The van der Waals surface area contributed by atoms with Crippen LogP contribution in [0.1, 0.15) is 11.1 Å². The number of hydrogen-bond donors (Lipinski definition) is 2. The number of benzene rings is 1. The van der Waals surface area contributed by atoms with Crippen LogP contribution in [-0.2, 0) is 17.6 Å². The maximum Gasteiger partial charge on any atom is 0.229 e. The molecular weight excluding hydrogens is 288 g/mol. The number of pyridine rings is 1. The van der Waals surface area contributed by atoms with Crippen molar-refractivity contribution in [3.63, 3.8) is 0 Å². The lowest BCUT2D eigenvalue weighted by molar-refractivity contribution is -0.119. The molecule has 0 radical (unpaired) electrons. The zero-order valence-electron chi connectivity index (χ0n) is 12.5. The number of H-pyrrole nitrogens is 1. The van der Waals surface area contributed by atoms with E-state index in [0.29, 0.717) is 5.82 Å². The number of nitrogens with zero attached hydrogens (tertiary/aromatic N) is 2. The Kier molecular flexibility index (Phi) is 3.38. The van der Waals surface area contributed by atoms with Crippen molar-refractivity contribution in [2.45, 2.75) is 12.8 Å². The summed E-state index contributed by atoms with van der Waals surface area (Å²) in [4.78, 5) is 16.5. The van der Waals surface area contributed by atoms with E-state index in [1.54, 1.807) is 12.4 Å². The number of carbonyl (C=O) groups excluding carboxylic acids is 1. The number of hydrogen-bond acceptors (Lipinski definition) is 3. The van der Waals surface area contributed by atoms with E-state index in [0.717, 1.165) is 24.1 Å². The number of amides is 1. The van der Waals surface area contributed by atoms with Gasteiger partial charge in [-0.1, -0.05) is 24.3 Å². The first kappa shape index (κ1) is 13.7. The number of anilines is 1. The molecule has 0 spiro atoms. The molecule has 2 aromatic heterocycles. The molecule has 5 heteroatoms. The molecule has 1 amide bonds. The van der Waals surface area contributed by atoms with E-state index in [9.17, 15) is 4.79 Å².